The van der Waals surface area contributed by atoms with Gasteiger partial charge in [0, 0.05) is 28.7 Å². The molecule has 1 fully saturated rings. The smallest absolute Gasteiger partial charge is 0.404 e. The highest BCUT2D eigenvalue weighted by atomic mass is 32.1. The highest BCUT2D eigenvalue weighted by Gasteiger charge is 2.27. The lowest BCUT2D eigenvalue weighted by molar-refractivity contribution is 0.0787. The lowest BCUT2D eigenvalue weighted by atomic mass is 9.88. The van der Waals surface area contributed by atoms with E-state index in [1.807, 2.05) is 24.4 Å². The molecule has 0 radical (unpaired) electrons. The summed E-state index contributed by atoms with van der Waals surface area (Å²) < 4.78 is 17.8. The molecule has 1 aliphatic carbocycles. The molecule has 0 spiro atoms. The van der Waals surface area contributed by atoms with Crippen molar-refractivity contribution in [3.63, 3.8) is 0 Å². The molecule has 0 aliphatic heterocycles. The fourth-order valence-corrected chi connectivity index (χ4v) is 5.83. The second-order valence-electron chi connectivity index (χ2n) is 7.10. The van der Waals surface area contributed by atoms with Crippen LogP contribution in [0.5, 0.6) is 0 Å². The first-order valence-electron chi connectivity index (χ1n) is 8.61. The Kier molecular flexibility index (Phi) is 5.39. The second-order valence-corrected chi connectivity index (χ2v) is 11.3. The van der Waals surface area contributed by atoms with Gasteiger partial charge >= 0.3 is 6.09 Å². The number of nitrogens with zero attached hydrogens (tertiary/aromatic N) is 1. The minimum absolute atomic E-state index is 0.0852. The number of ether oxygens (including phenoxy) is 1. The van der Waals surface area contributed by atoms with Gasteiger partial charge in [-0.15, -0.1) is 11.3 Å². The Morgan fingerprint density at radius 3 is 2.58 bits per heavy atom. The molecule has 1 aliphatic rings. The summed E-state index contributed by atoms with van der Waals surface area (Å²) in [6.07, 6.45) is 4.50. The van der Waals surface area contributed by atoms with Crippen molar-refractivity contribution in [3.8, 4) is 10.4 Å². The Labute approximate surface area is 157 Å². The van der Waals surface area contributed by atoms with Crippen molar-refractivity contribution in [1.29, 1.82) is 0 Å². The predicted octanol–water partition coefficient (Wildman–Crippen LogP) is 3.76. The van der Waals surface area contributed by atoms with Crippen LogP contribution in [0.25, 0.3) is 10.4 Å². The normalized spacial score (nSPS) is 20.7. The van der Waals surface area contributed by atoms with E-state index < -0.39 is 13.2 Å². The topological polar surface area (TPSA) is 108 Å². The maximum atomic E-state index is 12.7. The molecule has 0 bridgehead atoms. The standard InChI is InChI=1S/C18H24N3O3PS/c1-25(2,23)15-9-12(19)5-8-14(15)16-10-21-17(26-16)11-3-6-13(7-4-11)24-18(20)22/h5,8-11,13H,3-4,6-7,19H2,1-2H3,(H2,20,22). The summed E-state index contributed by atoms with van der Waals surface area (Å²) in [4.78, 5) is 16.5. The zero-order valence-electron chi connectivity index (χ0n) is 15.0. The number of amides is 1. The Morgan fingerprint density at radius 2 is 1.96 bits per heavy atom. The highest BCUT2D eigenvalue weighted by Crippen LogP contribution is 2.43. The van der Waals surface area contributed by atoms with Gasteiger partial charge in [0.15, 0.2) is 0 Å². The molecule has 1 aromatic carbocycles. The summed E-state index contributed by atoms with van der Waals surface area (Å²) in [5, 5.41) is 1.87. The Hall–Kier alpha value is -1.85. The van der Waals surface area contributed by atoms with E-state index in [1.54, 1.807) is 24.7 Å². The van der Waals surface area contributed by atoms with Crippen molar-refractivity contribution >= 4 is 35.6 Å². The first-order valence-corrected chi connectivity index (χ1v) is 12.0. The fourth-order valence-electron chi connectivity index (χ4n) is 3.40. The molecule has 4 N–H and O–H groups in total. The molecule has 2 aromatic rings. The van der Waals surface area contributed by atoms with Crippen LogP contribution in [0.3, 0.4) is 0 Å². The zero-order chi connectivity index (χ0) is 18.9. The van der Waals surface area contributed by atoms with E-state index in [2.05, 4.69) is 4.98 Å². The number of rotatable bonds is 4. The number of carbonyl (C=O) groups excluding carboxylic acids is 1. The van der Waals surface area contributed by atoms with Crippen molar-refractivity contribution in [3.05, 3.63) is 29.4 Å². The maximum absolute atomic E-state index is 12.7. The Morgan fingerprint density at radius 1 is 1.27 bits per heavy atom. The summed E-state index contributed by atoms with van der Waals surface area (Å²) in [7, 11) is -2.45. The van der Waals surface area contributed by atoms with Crippen molar-refractivity contribution in [1.82, 2.24) is 4.98 Å². The van der Waals surface area contributed by atoms with Crippen LogP contribution in [-0.2, 0) is 9.30 Å². The van der Waals surface area contributed by atoms with Crippen LogP contribution >= 0.6 is 18.5 Å². The molecular formula is C18H24N3O3PS. The molecule has 1 amide bonds. The SMILES string of the molecule is CP(C)(=O)c1cc(N)ccc1-c1cnc(C2CCC(OC(N)=O)CC2)s1. The minimum Gasteiger partial charge on any atom is -0.446 e. The number of primary amides is 1. The number of hydrogen-bond acceptors (Lipinski definition) is 6. The van der Waals surface area contributed by atoms with E-state index in [-0.39, 0.29) is 6.10 Å². The highest BCUT2D eigenvalue weighted by molar-refractivity contribution is 7.70. The molecule has 8 heteroatoms. The quantitative estimate of drug-likeness (QED) is 0.607. The molecule has 0 unspecified atom stereocenters. The number of nitrogen functional groups attached to an aromatic ring is 1. The van der Waals surface area contributed by atoms with Gasteiger partial charge < -0.3 is 20.8 Å². The number of nitrogens with two attached hydrogens (primary N) is 2. The molecule has 140 valence electrons. The van der Waals surface area contributed by atoms with Gasteiger partial charge in [0.2, 0.25) is 0 Å². The Bertz CT molecular complexity index is 853. The average Bonchev–Trinajstić information content (AvgIpc) is 3.04. The van der Waals surface area contributed by atoms with Crippen LogP contribution in [-0.4, -0.2) is 30.5 Å². The molecule has 26 heavy (non-hydrogen) atoms. The first-order chi connectivity index (χ1) is 12.2. The first kappa shape index (κ1) is 18.9. The number of thiazole rings is 1. The zero-order valence-corrected chi connectivity index (χ0v) is 16.7. The Balaban J connectivity index is 1.80. The van der Waals surface area contributed by atoms with Gasteiger partial charge in [-0.2, -0.15) is 0 Å². The van der Waals surface area contributed by atoms with E-state index in [1.165, 1.54) is 0 Å². The van der Waals surface area contributed by atoms with Gasteiger partial charge in [0.1, 0.15) is 13.2 Å². The van der Waals surface area contributed by atoms with E-state index in [0.29, 0.717) is 11.6 Å². The molecule has 1 aromatic heterocycles. The lowest BCUT2D eigenvalue weighted by Crippen LogP contribution is -2.26. The second kappa shape index (κ2) is 7.41. The fraction of sp³-hybridized carbons (Fsp3) is 0.444. The summed E-state index contributed by atoms with van der Waals surface area (Å²) in [5.41, 5.74) is 12.5. The van der Waals surface area contributed by atoms with Crippen molar-refractivity contribution < 1.29 is 14.1 Å². The van der Waals surface area contributed by atoms with Gasteiger partial charge in [-0.1, -0.05) is 6.07 Å². The van der Waals surface area contributed by atoms with Crippen LogP contribution in [0.2, 0.25) is 0 Å². The third-order valence-electron chi connectivity index (χ3n) is 4.70. The third kappa shape index (κ3) is 4.27. The number of aromatic nitrogens is 1. The van der Waals surface area contributed by atoms with Crippen LogP contribution in [0.15, 0.2) is 24.4 Å². The molecule has 1 saturated carbocycles. The van der Waals surface area contributed by atoms with Gasteiger partial charge in [-0.3, -0.25) is 0 Å². The summed E-state index contributed by atoms with van der Waals surface area (Å²) in [6, 6.07) is 5.57. The van der Waals surface area contributed by atoms with E-state index in [9.17, 15) is 9.36 Å². The van der Waals surface area contributed by atoms with Crippen molar-refractivity contribution in [2.45, 2.75) is 37.7 Å². The molecule has 0 saturated heterocycles. The number of hydrogen-bond donors (Lipinski definition) is 2. The molecule has 3 rings (SSSR count). The number of anilines is 1. The van der Waals surface area contributed by atoms with Crippen LogP contribution in [0.4, 0.5) is 10.5 Å². The largest absolute Gasteiger partial charge is 0.446 e. The third-order valence-corrected chi connectivity index (χ3v) is 7.42. The van der Waals surface area contributed by atoms with Gasteiger partial charge in [0.05, 0.1) is 9.88 Å². The van der Waals surface area contributed by atoms with E-state index >= 15 is 0 Å². The molecule has 6 nitrogen and oxygen atoms in total. The molecular weight excluding hydrogens is 369 g/mol. The van der Waals surface area contributed by atoms with Crippen molar-refractivity contribution in [2.24, 2.45) is 5.73 Å². The monoisotopic (exact) mass is 393 g/mol. The van der Waals surface area contributed by atoms with Gasteiger partial charge in [-0.05, 0) is 51.1 Å². The van der Waals surface area contributed by atoms with E-state index in [4.69, 9.17) is 16.2 Å². The van der Waals surface area contributed by atoms with E-state index in [0.717, 1.165) is 46.4 Å². The molecule has 0 atom stereocenters. The van der Waals surface area contributed by atoms with Gasteiger partial charge in [0.25, 0.3) is 0 Å². The summed E-state index contributed by atoms with van der Waals surface area (Å²) in [6.45, 7) is 3.51. The van der Waals surface area contributed by atoms with Crippen LogP contribution in [0.1, 0.15) is 36.6 Å². The summed E-state index contributed by atoms with van der Waals surface area (Å²) in [5.74, 6) is 0.355. The lowest BCUT2D eigenvalue weighted by Gasteiger charge is -2.26. The summed E-state index contributed by atoms with van der Waals surface area (Å²) >= 11 is 1.64. The van der Waals surface area contributed by atoms with Crippen LogP contribution in [0, 0.1) is 0 Å². The van der Waals surface area contributed by atoms with Crippen molar-refractivity contribution in [2.75, 3.05) is 19.1 Å². The maximum Gasteiger partial charge on any atom is 0.404 e. The molecule has 1 heterocycles. The minimum atomic E-state index is -2.45. The number of carbonyl (C=O) groups is 1. The van der Waals surface area contributed by atoms with Gasteiger partial charge in [-0.25, -0.2) is 9.78 Å². The van der Waals surface area contributed by atoms with Crippen LogP contribution < -0.4 is 16.8 Å². The predicted molar refractivity (Wildman–Crippen MR) is 107 cm³/mol. The number of benzene rings is 1. The average molecular weight is 393 g/mol.